The van der Waals surface area contributed by atoms with Gasteiger partial charge in [-0.15, -0.1) is 0 Å². The molecule has 1 aromatic rings. The number of rotatable bonds is 3. The number of hydrogen-bond acceptors (Lipinski definition) is 0. The largest absolute Gasteiger partial charge is 0.0839 e. The monoisotopic (exact) mass is 666 g/mol. The van der Waals surface area contributed by atoms with Gasteiger partial charge < -0.3 is 0 Å². The molecule has 0 heterocycles. The van der Waals surface area contributed by atoms with E-state index in [2.05, 4.69) is 119 Å². The van der Waals surface area contributed by atoms with E-state index in [1.807, 2.05) is 0 Å². The summed E-state index contributed by atoms with van der Waals surface area (Å²) in [6, 6.07) is 7.44. The van der Waals surface area contributed by atoms with E-state index in [0.29, 0.717) is 35.0 Å². The predicted molar refractivity (Wildman–Crippen MR) is 216 cm³/mol. The summed E-state index contributed by atoms with van der Waals surface area (Å²) in [4.78, 5) is 0. The lowest BCUT2D eigenvalue weighted by atomic mass is 9.65. The standard InChI is InChI=1S/C51H54/c1-31-32(2)48-29-41(21-23-45(48)44-10-6-5-9-43(31)44)39-19-17-35-25-33(13-15-37(35)27-39)34-14-16-38-28-40(20-18-36(38)26-34)42-22-24-47-46-11-7-8-12-49(46)51(3,4)50(47)30-42/h5-8,10-11,21-29,31-32,43,49-50H,9,12-20,30H2,1-4H3. The van der Waals surface area contributed by atoms with Gasteiger partial charge in [-0.3, -0.25) is 0 Å². The zero-order valence-electron chi connectivity index (χ0n) is 31.3. The Balaban J connectivity index is 0.878. The van der Waals surface area contributed by atoms with Gasteiger partial charge in [0.05, 0.1) is 0 Å². The molecule has 1 saturated carbocycles. The smallest absolute Gasteiger partial charge is 0.00613 e. The van der Waals surface area contributed by atoms with Gasteiger partial charge in [-0.1, -0.05) is 119 Å². The molecule has 0 radical (unpaired) electrons. The Morgan fingerprint density at radius 1 is 0.549 bits per heavy atom. The van der Waals surface area contributed by atoms with E-state index < -0.39 is 0 Å². The Kier molecular flexibility index (Phi) is 7.53. The van der Waals surface area contributed by atoms with Crippen molar-refractivity contribution in [1.29, 1.82) is 0 Å². The molecule has 5 atom stereocenters. The molecule has 0 bridgehead atoms. The van der Waals surface area contributed by atoms with E-state index in [4.69, 9.17) is 0 Å². The summed E-state index contributed by atoms with van der Waals surface area (Å²) in [5.74, 6) is 3.30. The molecule has 0 spiro atoms. The van der Waals surface area contributed by atoms with Crippen LogP contribution >= 0.6 is 0 Å². The first-order valence-corrected chi connectivity index (χ1v) is 20.4. The maximum absolute atomic E-state index is 2.61. The molecule has 0 aliphatic heterocycles. The molecule has 51 heavy (non-hydrogen) atoms. The minimum Gasteiger partial charge on any atom is -0.0839 e. The first-order chi connectivity index (χ1) is 24.8. The van der Waals surface area contributed by atoms with Crippen LogP contribution in [-0.4, -0.2) is 0 Å². The van der Waals surface area contributed by atoms with E-state index >= 15 is 0 Å². The SMILES string of the molecule is CC1c2cc(C3=CC4=C(C=C(C5=CC6=C(C=C(C7=CC=C8C9=CC=CCC9C(C)(C)C8C7)CC6)CC5)CC4)CC3)ccc2C2=CC=CCC2C1C. The third-order valence-electron chi connectivity index (χ3n) is 15.1. The summed E-state index contributed by atoms with van der Waals surface area (Å²) >= 11 is 0. The van der Waals surface area contributed by atoms with Crippen molar-refractivity contribution in [2.45, 2.75) is 104 Å². The summed E-state index contributed by atoms with van der Waals surface area (Å²) < 4.78 is 0. The first kappa shape index (κ1) is 31.8. The van der Waals surface area contributed by atoms with Crippen molar-refractivity contribution in [2.24, 2.45) is 29.1 Å². The fraction of sp³-hybridized carbons (Fsp3) is 0.412. The van der Waals surface area contributed by atoms with Crippen molar-refractivity contribution in [3.8, 4) is 0 Å². The highest BCUT2D eigenvalue weighted by atomic mass is 14.5. The van der Waals surface area contributed by atoms with Crippen LogP contribution in [0.3, 0.4) is 0 Å². The Morgan fingerprint density at radius 2 is 1.12 bits per heavy atom. The fourth-order valence-corrected chi connectivity index (χ4v) is 11.7. The van der Waals surface area contributed by atoms with Gasteiger partial charge in [-0.25, -0.2) is 0 Å². The second-order valence-electron chi connectivity index (χ2n) is 17.9. The van der Waals surface area contributed by atoms with Crippen LogP contribution in [-0.2, 0) is 0 Å². The van der Waals surface area contributed by atoms with E-state index in [-0.39, 0.29) is 0 Å². The highest BCUT2D eigenvalue weighted by Crippen LogP contribution is 2.60. The van der Waals surface area contributed by atoms with Gasteiger partial charge in [0.25, 0.3) is 0 Å². The quantitative estimate of drug-likeness (QED) is 0.301. The number of hydrogen-bond donors (Lipinski definition) is 0. The van der Waals surface area contributed by atoms with Crippen molar-refractivity contribution in [3.05, 3.63) is 164 Å². The minimum absolute atomic E-state index is 0.330. The molecule has 0 nitrogen and oxygen atoms in total. The topological polar surface area (TPSA) is 0 Å². The van der Waals surface area contributed by atoms with Crippen molar-refractivity contribution in [1.82, 2.24) is 0 Å². The lowest BCUT2D eigenvalue weighted by Crippen LogP contribution is -2.27. The van der Waals surface area contributed by atoms with Gasteiger partial charge in [0.1, 0.15) is 0 Å². The summed E-state index contributed by atoms with van der Waals surface area (Å²) in [5, 5.41) is 0. The molecule has 0 N–H and O–H groups in total. The molecule has 0 amide bonds. The molecule has 10 rings (SSSR count). The molecule has 9 aliphatic carbocycles. The third kappa shape index (κ3) is 5.14. The van der Waals surface area contributed by atoms with Gasteiger partial charge in [0, 0.05) is 0 Å². The molecule has 0 saturated heterocycles. The van der Waals surface area contributed by atoms with Gasteiger partial charge in [-0.2, -0.15) is 0 Å². The Morgan fingerprint density at radius 3 is 1.80 bits per heavy atom. The Hall–Kier alpha value is -3.90. The van der Waals surface area contributed by atoms with Crippen LogP contribution < -0.4 is 0 Å². The highest BCUT2D eigenvalue weighted by molar-refractivity contribution is 5.79. The van der Waals surface area contributed by atoms with E-state index in [0.717, 1.165) is 6.42 Å². The first-order valence-electron chi connectivity index (χ1n) is 20.4. The summed E-state index contributed by atoms with van der Waals surface area (Å²) in [7, 11) is 0. The van der Waals surface area contributed by atoms with E-state index in [1.165, 1.54) is 75.3 Å². The molecule has 5 unspecified atom stereocenters. The zero-order chi connectivity index (χ0) is 34.4. The van der Waals surface area contributed by atoms with Crippen LogP contribution in [0.5, 0.6) is 0 Å². The van der Waals surface area contributed by atoms with Gasteiger partial charge in [-0.05, 0) is 189 Å². The van der Waals surface area contributed by atoms with Crippen LogP contribution in [0.1, 0.15) is 121 Å². The molecular formula is C51H54. The van der Waals surface area contributed by atoms with Crippen LogP contribution in [0, 0.1) is 29.1 Å². The summed E-state index contributed by atoms with van der Waals surface area (Å²) in [6.07, 6.45) is 42.6. The fourth-order valence-electron chi connectivity index (χ4n) is 11.7. The Labute approximate surface area is 307 Å². The van der Waals surface area contributed by atoms with E-state index in [1.54, 1.807) is 72.4 Å². The van der Waals surface area contributed by atoms with Crippen LogP contribution in [0.25, 0.3) is 11.1 Å². The van der Waals surface area contributed by atoms with Gasteiger partial charge in [0.2, 0.25) is 0 Å². The second-order valence-corrected chi connectivity index (χ2v) is 17.9. The molecule has 9 aliphatic rings. The lowest BCUT2D eigenvalue weighted by molar-refractivity contribution is 0.206. The van der Waals surface area contributed by atoms with Crippen molar-refractivity contribution in [2.75, 3.05) is 0 Å². The summed E-state index contributed by atoms with van der Waals surface area (Å²) in [5.41, 5.74) is 24.1. The third-order valence-corrected chi connectivity index (χ3v) is 15.1. The molecular weight excluding hydrogens is 613 g/mol. The predicted octanol–water partition coefficient (Wildman–Crippen LogP) is 13.7. The molecule has 258 valence electrons. The maximum atomic E-state index is 2.61. The number of fused-ring (bicyclic) bond motifs is 6. The Bertz CT molecular complexity index is 2120. The maximum Gasteiger partial charge on any atom is -0.00613 e. The van der Waals surface area contributed by atoms with Crippen LogP contribution in [0.2, 0.25) is 0 Å². The summed E-state index contributed by atoms with van der Waals surface area (Å²) in [6.45, 7) is 9.99. The molecule has 1 aromatic carbocycles. The van der Waals surface area contributed by atoms with Gasteiger partial charge in [0.15, 0.2) is 0 Å². The second kappa shape index (κ2) is 12.1. The van der Waals surface area contributed by atoms with Crippen LogP contribution in [0.4, 0.5) is 0 Å². The van der Waals surface area contributed by atoms with Crippen molar-refractivity contribution < 1.29 is 0 Å². The van der Waals surface area contributed by atoms with Crippen molar-refractivity contribution >= 4 is 11.1 Å². The molecule has 0 heteroatoms. The van der Waals surface area contributed by atoms with Gasteiger partial charge >= 0.3 is 0 Å². The molecule has 1 fully saturated rings. The van der Waals surface area contributed by atoms with Crippen LogP contribution in [0.15, 0.2) is 147 Å². The normalized spacial score (nSPS) is 31.6. The average Bonchev–Trinajstić information content (AvgIpc) is 3.41. The minimum atomic E-state index is 0.330. The number of benzene rings is 1. The van der Waals surface area contributed by atoms with E-state index in [9.17, 15) is 0 Å². The zero-order valence-corrected chi connectivity index (χ0v) is 31.3. The lowest BCUT2D eigenvalue weighted by Gasteiger charge is -2.39. The highest BCUT2D eigenvalue weighted by Gasteiger charge is 2.49. The van der Waals surface area contributed by atoms with Crippen molar-refractivity contribution in [3.63, 3.8) is 0 Å². The molecule has 0 aromatic heterocycles. The number of allylic oxidation sites excluding steroid dienone is 24. The average molecular weight is 667 g/mol.